The van der Waals surface area contributed by atoms with E-state index in [0.29, 0.717) is 29.2 Å². The van der Waals surface area contributed by atoms with Crippen LogP contribution in [0.4, 0.5) is 11.4 Å². The van der Waals surface area contributed by atoms with E-state index in [9.17, 15) is 19.7 Å². The van der Waals surface area contributed by atoms with Gasteiger partial charge in [-0.3, -0.25) is 24.3 Å². The maximum Gasteiger partial charge on any atom is 0.271 e. The number of fused-ring (bicyclic) bond motifs is 1. The van der Waals surface area contributed by atoms with Crippen LogP contribution >= 0.6 is 23.4 Å². The van der Waals surface area contributed by atoms with Crippen molar-refractivity contribution in [2.45, 2.75) is 42.8 Å². The van der Waals surface area contributed by atoms with Gasteiger partial charge in [0, 0.05) is 18.7 Å². The average Bonchev–Trinajstić information content (AvgIpc) is 3.31. The molecule has 1 aliphatic rings. The summed E-state index contributed by atoms with van der Waals surface area (Å²) in [7, 11) is 0. The molecular weight excluding hydrogens is 468 g/mol. The molecule has 3 aromatic rings. The number of nitrogens with zero attached hydrogens (tertiary/aromatic N) is 3. The topological polar surface area (TPSA) is 116 Å². The van der Waals surface area contributed by atoms with Crippen LogP contribution in [0.1, 0.15) is 19.8 Å². The molecule has 11 heteroatoms. The Kier molecular flexibility index (Phi) is 6.96. The third-order valence-corrected chi connectivity index (χ3v) is 6.71. The van der Waals surface area contributed by atoms with Crippen molar-refractivity contribution in [1.82, 2.24) is 9.55 Å². The molecule has 0 bridgehead atoms. The fourth-order valence-corrected chi connectivity index (χ4v) is 4.70. The first-order valence-corrected chi connectivity index (χ1v) is 11.6. The molecule has 2 unspecified atom stereocenters. The number of carbonyl (C=O) groups excluding carboxylic acids is 1. The number of carbonyl (C=O) groups is 1. The predicted octanol–water partition coefficient (Wildman–Crippen LogP) is 4.26. The minimum atomic E-state index is -0.625. The van der Waals surface area contributed by atoms with E-state index in [4.69, 9.17) is 16.3 Å². The second-order valence-corrected chi connectivity index (χ2v) is 9.35. The highest BCUT2D eigenvalue weighted by atomic mass is 35.5. The second kappa shape index (κ2) is 9.90. The van der Waals surface area contributed by atoms with Gasteiger partial charge in [0.05, 0.1) is 44.4 Å². The van der Waals surface area contributed by atoms with Gasteiger partial charge < -0.3 is 10.1 Å². The van der Waals surface area contributed by atoms with Crippen LogP contribution in [0.5, 0.6) is 0 Å². The zero-order valence-electron chi connectivity index (χ0n) is 17.7. The van der Waals surface area contributed by atoms with Gasteiger partial charge in [0.15, 0.2) is 5.16 Å². The molecule has 4 rings (SSSR count). The van der Waals surface area contributed by atoms with E-state index >= 15 is 0 Å². The van der Waals surface area contributed by atoms with E-state index in [2.05, 4.69) is 10.3 Å². The molecule has 1 fully saturated rings. The number of benzene rings is 2. The Labute approximate surface area is 198 Å². The Balaban J connectivity index is 1.58. The minimum Gasteiger partial charge on any atom is -0.376 e. The predicted molar refractivity (Wildman–Crippen MR) is 127 cm³/mol. The highest BCUT2D eigenvalue weighted by Crippen LogP contribution is 2.29. The highest BCUT2D eigenvalue weighted by molar-refractivity contribution is 8.00. The van der Waals surface area contributed by atoms with Gasteiger partial charge >= 0.3 is 0 Å². The van der Waals surface area contributed by atoms with Crippen molar-refractivity contribution >= 4 is 51.5 Å². The zero-order chi connectivity index (χ0) is 23.5. The molecular formula is C22H21ClN4O5S. The maximum absolute atomic E-state index is 13.2. The number of thioether (sulfide) groups is 1. The van der Waals surface area contributed by atoms with Crippen LogP contribution in [-0.2, 0) is 16.1 Å². The zero-order valence-corrected chi connectivity index (χ0v) is 19.3. The number of amides is 1. The molecule has 1 aromatic heterocycles. The van der Waals surface area contributed by atoms with E-state index in [0.717, 1.165) is 24.6 Å². The van der Waals surface area contributed by atoms with Gasteiger partial charge in [-0.05, 0) is 38.0 Å². The number of anilines is 1. The van der Waals surface area contributed by atoms with Crippen LogP contribution in [0, 0.1) is 10.1 Å². The van der Waals surface area contributed by atoms with Crippen LogP contribution in [0.25, 0.3) is 10.9 Å². The molecule has 1 saturated heterocycles. The van der Waals surface area contributed by atoms with E-state index in [-0.39, 0.29) is 34.0 Å². The Hall–Kier alpha value is -2.95. The molecule has 1 aliphatic heterocycles. The lowest BCUT2D eigenvalue weighted by atomic mass is 10.2. The number of hydrogen-bond donors (Lipinski definition) is 1. The molecule has 9 nitrogen and oxygen atoms in total. The monoisotopic (exact) mass is 488 g/mol. The van der Waals surface area contributed by atoms with Gasteiger partial charge in [0.1, 0.15) is 0 Å². The molecule has 1 amide bonds. The number of non-ortho nitro benzene ring substituents is 1. The van der Waals surface area contributed by atoms with Crippen molar-refractivity contribution in [1.29, 1.82) is 0 Å². The van der Waals surface area contributed by atoms with Gasteiger partial charge in [0.25, 0.3) is 11.2 Å². The molecule has 0 saturated carbocycles. The van der Waals surface area contributed by atoms with Gasteiger partial charge in [0.2, 0.25) is 5.91 Å². The molecule has 172 valence electrons. The summed E-state index contributed by atoms with van der Waals surface area (Å²) >= 11 is 7.25. The smallest absolute Gasteiger partial charge is 0.271 e. The standard InChI is InChI=1S/C22H21ClN4O5S/c1-13(20(28)24-19-9-8-14(27(30)31)11-17(19)23)33-22-25-18-7-3-2-6-16(18)21(29)26(22)12-15-5-4-10-32-15/h2-3,6-9,11,13,15H,4-5,10,12H2,1H3,(H,24,28). The van der Waals surface area contributed by atoms with Crippen molar-refractivity contribution in [2.75, 3.05) is 11.9 Å². The van der Waals surface area contributed by atoms with Crippen molar-refractivity contribution in [2.24, 2.45) is 0 Å². The highest BCUT2D eigenvalue weighted by Gasteiger charge is 2.24. The molecule has 2 atom stereocenters. The third-order valence-electron chi connectivity index (χ3n) is 5.31. The number of ether oxygens (including phenoxy) is 1. The number of halogens is 1. The van der Waals surface area contributed by atoms with Gasteiger partial charge in [-0.2, -0.15) is 0 Å². The average molecular weight is 489 g/mol. The number of rotatable bonds is 7. The lowest BCUT2D eigenvalue weighted by Crippen LogP contribution is -2.30. The molecule has 2 aromatic carbocycles. The summed E-state index contributed by atoms with van der Waals surface area (Å²) < 4.78 is 7.29. The molecule has 33 heavy (non-hydrogen) atoms. The number of nitrogens with one attached hydrogen (secondary N) is 1. The summed E-state index contributed by atoms with van der Waals surface area (Å²) in [5.41, 5.74) is 0.478. The van der Waals surface area contributed by atoms with Crippen molar-refractivity contribution in [3.05, 3.63) is 68.0 Å². The summed E-state index contributed by atoms with van der Waals surface area (Å²) in [5, 5.41) is 13.9. The molecule has 2 heterocycles. The summed E-state index contributed by atoms with van der Waals surface area (Å²) in [6.45, 7) is 2.72. The fraction of sp³-hybridized carbons (Fsp3) is 0.318. The molecule has 1 N–H and O–H groups in total. The third kappa shape index (κ3) is 5.18. The van der Waals surface area contributed by atoms with Crippen molar-refractivity contribution in [3.8, 4) is 0 Å². The Morgan fingerprint density at radius 2 is 2.18 bits per heavy atom. The lowest BCUT2D eigenvalue weighted by Gasteiger charge is -2.18. The largest absolute Gasteiger partial charge is 0.376 e. The minimum absolute atomic E-state index is 0.0638. The van der Waals surface area contributed by atoms with E-state index < -0.39 is 10.2 Å². The summed E-state index contributed by atoms with van der Waals surface area (Å²) in [5.74, 6) is -0.373. The van der Waals surface area contributed by atoms with E-state index in [1.165, 1.54) is 18.2 Å². The normalized spacial score (nSPS) is 16.6. The van der Waals surface area contributed by atoms with E-state index in [1.807, 2.05) is 0 Å². The Bertz CT molecular complexity index is 1280. The SMILES string of the molecule is CC(Sc1nc2ccccc2c(=O)n1CC1CCCO1)C(=O)Nc1ccc([N+](=O)[O-])cc1Cl. The summed E-state index contributed by atoms with van der Waals surface area (Å²) in [4.78, 5) is 41.0. The molecule has 0 radical (unpaired) electrons. The Morgan fingerprint density at radius 1 is 1.39 bits per heavy atom. The Morgan fingerprint density at radius 3 is 2.88 bits per heavy atom. The number of para-hydroxylation sites is 1. The van der Waals surface area contributed by atoms with Gasteiger partial charge in [-0.25, -0.2) is 4.98 Å². The summed E-state index contributed by atoms with van der Waals surface area (Å²) in [6.07, 6.45) is 1.73. The van der Waals surface area contributed by atoms with Crippen LogP contribution in [0.3, 0.4) is 0 Å². The summed E-state index contributed by atoms with van der Waals surface area (Å²) in [6, 6.07) is 10.9. The second-order valence-electron chi connectivity index (χ2n) is 7.63. The van der Waals surface area contributed by atoms with Crippen LogP contribution < -0.4 is 10.9 Å². The molecule has 0 spiro atoms. The first kappa shape index (κ1) is 23.2. The quantitative estimate of drug-likeness (QED) is 0.228. The van der Waals surface area contributed by atoms with Gasteiger partial charge in [-0.15, -0.1) is 0 Å². The van der Waals surface area contributed by atoms with Crippen LogP contribution in [0.2, 0.25) is 5.02 Å². The first-order valence-electron chi connectivity index (χ1n) is 10.4. The first-order chi connectivity index (χ1) is 15.8. The van der Waals surface area contributed by atoms with Crippen molar-refractivity contribution in [3.63, 3.8) is 0 Å². The van der Waals surface area contributed by atoms with Crippen molar-refractivity contribution < 1.29 is 14.5 Å². The number of hydrogen-bond acceptors (Lipinski definition) is 7. The van der Waals surface area contributed by atoms with Crippen LogP contribution in [-0.4, -0.2) is 38.3 Å². The number of nitro groups is 1. The van der Waals surface area contributed by atoms with E-state index in [1.54, 1.807) is 35.8 Å². The number of aromatic nitrogens is 2. The molecule has 0 aliphatic carbocycles. The number of nitro benzene ring substituents is 1. The lowest BCUT2D eigenvalue weighted by molar-refractivity contribution is -0.384. The maximum atomic E-state index is 13.2. The van der Waals surface area contributed by atoms with Crippen LogP contribution in [0.15, 0.2) is 52.4 Å². The van der Waals surface area contributed by atoms with Gasteiger partial charge in [-0.1, -0.05) is 35.5 Å². The fourth-order valence-electron chi connectivity index (χ4n) is 3.56.